The van der Waals surface area contributed by atoms with Crippen molar-refractivity contribution in [1.29, 1.82) is 0 Å². The lowest BCUT2D eigenvalue weighted by Crippen LogP contribution is -2.28. The minimum absolute atomic E-state index is 0.0458. The van der Waals surface area contributed by atoms with Gasteiger partial charge in [-0.3, -0.25) is 10.1 Å². The third-order valence-corrected chi connectivity index (χ3v) is 2.14. The molecule has 1 aromatic carbocycles. The highest BCUT2D eigenvalue weighted by atomic mass is 16.6. The highest BCUT2D eigenvalue weighted by Gasteiger charge is 2.09. The summed E-state index contributed by atoms with van der Waals surface area (Å²) in [5.74, 6) is 0.140. The first-order valence-corrected chi connectivity index (χ1v) is 4.62. The van der Waals surface area contributed by atoms with Crippen LogP contribution in [-0.2, 0) is 0 Å². The number of non-ortho nitro benzene ring substituents is 1. The summed E-state index contributed by atoms with van der Waals surface area (Å²) in [5.41, 5.74) is 0.797. The Morgan fingerprint density at radius 1 is 1.19 bits per heavy atom. The number of aromatic nitrogens is 1. The number of hydrogen-bond donors (Lipinski definition) is 1. The Kier molecular flexibility index (Phi) is 2.51. The van der Waals surface area contributed by atoms with E-state index in [9.17, 15) is 15.2 Å². The molecule has 1 N–H and O–H groups in total. The van der Waals surface area contributed by atoms with Crippen molar-refractivity contribution >= 4 is 5.69 Å². The SMILES string of the molecule is O=[N+]([O-])c1ccc(-[n+]2cccc(O)c2)cc1. The summed E-state index contributed by atoms with van der Waals surface area (Å²) in [5, 5.41) is 19.7. The van der Waals surface area contributed by atoms with Gasteiger partial charge in [0, 0.05) is 30.3 Å². The van der Waals surface area contributed by atoms with Crippen LogP contribution in [0.25, 0.3) is 5.69 Å². The van der Waals surface area contributed by atoms with E-state index in [1.54, 1.807) is 35.0 Å². The van der Waals surface area contributed by atoms with Crippen LogP contribution < -0.4 is 4.57 Å². The van der Waals surface area contributed by atoms with Gasteiger partial charge in [0.15, 0.2) is 11.9 Å². The van der Waals surface area contributed by atoms with Gasteiger partial charge in [0.05, 0.1) is 4.92 Å². The summed E-state index contributed by atoms with van der Waals surface area (Å²) >= 11 is 0. The van der Waals surface area contributed by atoms with Gasteiger partial charge in [-0.25, -0.2) is 0 Å². The molecule has 2 rings (SSSR count). The largest absolute Gasteiger partial charge is 0.503 e. The smallest absolute Gasteiger partial charge is 0.269 e. The third-order valence-electron chi connectivity index (χ3n) is 2.14. The second-order valence-electron chi connectivity index (χ2n) is 3.24. The summed E-state index contributed by atoms with van der Waals surface area (Å²) in [7, 11) is 0. The van der Waals surface area contributed by atoms with Gasteiger partial charge in [0.1, 0.15) is 0 Å². The van der Waals surface area contributed by atoms with E-state index < -0.39 is 4.92 Å². The molecule has 0 radical (unpaired) electrons. The van der Waals surface area contributed by atoms with Crippen molar-refractivity contribution < 1.29 is 14.6 Å². The number of pyridine rings is 1. The van der Waals surface area contributed by atoms with Crippen LogP contribution in [0.3, 0.4) is 0 Å². The lowest BCUT2D eigenvalue weighted by Gasteiger charge is -1.95. The summed E-state index contributed by atoms with van der Waals surface area (Å²) in [6.07, 6.45) is 3.28. The first-order chi connectivity index (χ1) is 7.66. The maximum absolute atomic E-state index is 10.5. The molecule has 0 spiro atoms. The fourth-order valence-corrected chi connectivity index (χ4v) is 1.37. The van der Waals surface area contributed by atoms with Crippen LogP contribution in [0.5, 0.6) is 5.75 Å². The van der Waals surface area contributed by atoms with E-state index in [0.29, 0.717) is 0 Å². The molecule has 0 unspecified atom stereocenters. The molecule has 80 valence electrons. The van der Waals surface area contributed by atoms with Gasteiger partial charge >= 0.3 is 0 Å². The van der Waals surface area contributed by atoms with Crippen molar-refractivity contribution in [3.8, 4) is 11.4 Å². The Morgan fingerprint density at radius 3 is 2.44 bits per heavy atom. The van der Waals surface area contributed by atoms with E-state index in [0.717, 1.165) is 5.69 Å². The predicted octanol–water partition coefficient (Wildman–Crippen LogP) is 1.58. The molecule has 0 saturated heterocycles. The minimum atomic E-state index is -0.448. The van der Waals surface area contributed by atoms with Crippen molar-refractivity contribution in [2.75, 3.05) is 0 Å². The molecular formula is C11H9N2O3+. The van der Waals surface area contributed by atoms with Gasteiger partial charge in [0.25, 0.3) is 5.69 Å². The molecule has 1 heterocycles. The number of nitro benzene ring substituents is 1. The highest BCUT2D eigenvalue weighted by molar-refractivity contribution is 5.36. The van der Waals surface area contributed by atoms with Crippen molar-refractivity contribution in [2.45, 2.75) is 0 Å². The van der Waals surface area contributed by atoms with Crippen LogP contribution in [0.1, 0.15) is 0 Å². The maximum Gasteiger partial charge on any atom is 0.269 e. The van der Waals surface area contributed by atoms with Crippen molar-refractivity contribution in [2.24, 2.45) is 0 Å². The zero-order valence-corrected chi connectivity index (χ0v) is 8.28. The number of nitrogens with zero attached hydrogens (tertiary/aromatic N) is 2. The average molecular weight is 217 g/mol. The number of benzene rings is 1. The molecule has 1 aromatic heterocycles. The second kappa shape index (κ2) is 3.98. The lowest BCUT2D eigenvalue weighted by molar-refractivity contribution is -0.596. The van der Waals surface area contributed by atoms with Crippen LogP contribution in [0, 0.1) is 10.1 Å². The highest BCUT2D eigenvalue weighted by Crippen LogP contribution is 2.12. The van der Waals surface area contributed by atoms with Crippen LogP contribution in [0.4, 0.5) is 5.69 Å². The fraction of sp³-hybridized carbons (Fsp3) is 0. The zero-order chi connectivity index (χ0) is 11.5. The van der Waals surface area contributed by atoms with Gasteiger partial charge in [0.2, 0.25) is 11.9 Å². The Hall–Kier alpha value is -2.43. The molecule has 0 aliphatic carbocycles. The molecule has 0 saturated carbocycles. The Labute approximate surface area is 91.4 Å². The minimum Gasteiger partial charge on any atom is -0.503 e. The number of aromatic hydroxyl groups is 1. The number of nitro groups is 1. The van der Waals surface area contributed by atoms with Crippen LogP contribution in [0.2, 0.25) is 0 Å². The summed E-state index contributed by atoms with van der Waals surface area (Å²) < 4.78 is 1.68. The summed E-state index contributed by atoms with van der Waals surface area (Å²) in [6.45, 7) is 0. The van der Waals surface area contributed by atoms with Gasteiger partial charge in [-0.05, 0) is 6.07 Å². The van der Waals surface area contributed by atoms with E-state index >= 15 is 0 Å². The lowest BCUT2D eigenvalue weighted by atomic mass is 10.3. The van der Waals surface area contributed by atoms with E-state index in [-0.39, 0.29) is 11.4 Å². The average Bonchev–Trinajstić information content (AvgIpc) is 2.29. The third kappa shape index (κ3) is 1.98. The Balaban J connectivity index is 2.38. The first kappa shape index (κ1) is 10.1. The van der Waals surface area contributed by atoms with Crippen LogP contribution >= 0.6 is 0 Å². The molecule has 16 heavy (non-hydrogen) atoms. The Bertz CT molecular complexity index is 523. The van der Waals surface area contributed by atoms with E-state index in [1.165, 1.54) is 18.3 Å². The quantitative estimate of drug-likeness (QED) is 0.471. The van der Waals surface area contributed by atoms with Crippen molar-refractivity contribution in [3.63, 3.8) is 0 Å². The fourth-order valence-electron chi connectivity index (χ4n) is 1.37. The summed E-state index contributed by atoms with van der Waals surface area (Å²) in [6, 6.07) is 9.34. The molecule has 0 atom stereocenters. The van der Waals surface area contributed by atoms with Crippen LogP contribution in [-0.4, -0.2) is 10.0 Å². The Morgan fingerprint density at radius 2 is 1.88 bits per heavy atom. The van der Waals surface area contributed by atoms with E-state index in [4.69, 9.17) is 0 Å². The normalized spacial score (nSPS) is 10.0. The molecule has 2 aromatic rings. The van der Waals surface area contributed by atoms with Gasteiger partial charge in [-0.15, -0.1) is 0 Å². The molecule has 5 heteroatoms. The molecule has 5 nitrogen and oxygen atoms in total. The first-order valence-electron chi connectivity index (χ1n) is 4.62. The molecule has 0 aliphatic rings. The molecule has 0 aliphatic heterocycles. The second-order valence-corrected chi connectivity index (χ2v) is 3.24. The standard InChI is InChI=1S/C11H8N2O3/c14-11-2-1-7-12(8-11)9-3-5-10(6-4-9)13(15)16/h1-8H/p+1. The van der Waals surface area contributed by atoms with Gasteiger partial charge in [-0.2, -0.15) is 4.57 Å². The van der Waals surface area contributed by atoms with Crippen molar-refractivity contribution in [3.05, 3.63) is 58.9 Å². The predicted molar refractivity (Wildman–Crippen MR) is 56.3 cm³/mol. The zero-order valence-electron chi connectivity index (χ0n) is 8.28. The van der Waals surface area contributed by atoms with Gasteiger partial charge < -0.3 is 5.11 Å². The monoisotopic (exact) mass is 217 g/mol. The topological polar surface area (TPSA) is 67.2 Å². The molecular weight excluding hydrogens is 208 g/mol. The molecule has 0 amide bonds. The van der Waals surface area contributed by atoms with Gasteiger partial charge in [-0.1, -0.05) is 0 Å². The molecule has 0 fully saturated rings. The molecule has 0 bridgehead atoms. The van der Waals surface area contributed by atoms with Crippen molar-refractivity contribution in [1.82, 2.24) is 0 Å². The van der Waals surface area contributed by atoms with E-state index in [1.807, 2.05) is 0 Å². The van der Waals surface area contributed by atoms with Crippen LogP contribution in [0.15, 0.2) is 48.8 Å². The summed E-state index contributed by atoms with van der Waals surface area (Å²) in [4.78, 5) is 10.0. The van der Waals surface area contributed by atoms with E-state index in [2.05, 4.69) is 0 Å². The maximum atomic E-state index is 10.5. The number of rotatable bonds is 2. The number of hydrogen-bond acceptors (Lipinski definition) is 3.